The Balaban J connectivity index is 2.47. The van der Waals surface area contributed by atoms with Crippen molar-refractivity contribution in [2.75, 3.05) is 0 Å². The molecule has 0 aliphatic rings. The molecule has 1 unspecified atom stereocenters. The molecule has 1 heterocycles. The summed E-state index contributed by atoms with van der Waals surface area (Å²) in [5.41, 5.74) is 4.51. The lowest BCUT2D eigenvalue weighted by molar-refractivity contribution is -0.137. The van der Waals surface area contributed by atoms with Gasteiger partial charge >= 0.3 is 6.18 Å². The van der Waals surface area contributed by atoms with Gasteiger partial charge in [-0.15, -0.1) is 0 Å². The van der Waals surface area contributed by atoms with Gasteiger partial charge in [0.15, 0.2) is 0 Å². The highest BCUT2D eigenvalue weighted by Gasteiger charge is 2.32. The molecule has 0 bridgehead atoms. The van der Waals surface area contributed by atoms with Crippen LogP contribution in [0.4, 0.5) is 17.6 Å². The van der Waals surface area contributed by atoms with Crippen LogP contribution >= 0.6 is 15.9 Å². The molecule has 1 aromatic carbocycles. The van der Waals surface area contributed by atoms with Gasteiger partial charge in [0.05, 0.1) is 22.3 Å². The first-order valence-electron chi connectivity index (χ1n) is 5.16. The highest BCUT2D eigenvalue weighted by Crippen LogP contribution is 2.34. The second-order valence-electron chi connectivity index (χ2n) is 3.84. The number of alkyl halides is 3. The van der Waals surface area contributed by atoms with E-state index in [9.17, 15) is 17.6 Å². The summed E-state index contributed by atoms with van der Waals surface area (Å²) >= 11 is 3.13. The van der Waals surface area contributed by atoms with Crippen LogP contribution in [0.3, 0.4) is 0 Å². The summed E-state index contributed by atoms with van der Waals surface area (Å²) in [4.78, 5) is 0. The van der Waals surface area contributed by atoms with E-state index in [1.54, 1.807) is 0 Å². The standard InChI is InChI=1S/C12H8BrF4NO/c13-8-3-4-19-11(8)10(18)7-5-6(12(15,16)17)1-2-9(7)14/h1-5,10H,18H2. The fourth-order valence-corrected chi connectivity index (χ4v) is 2.07. The summed E-state index contributed by atoms with van der Waals surface area (Å²) in [6.07, 6.45) is -3.24. The van der Waals surface area contributed by atoms with Gasteiger partial charge in [0.2, 0.25) is 0 Å². The van der Waals surface area contributed by atoms with Crippen LogP contribution in [-0.2, 0) is 6.18 Å². The molecule has 2 aromatic rings. The lowest BCUT2D eigenvalue weighted by Gasteiger charge is -2.14. The van der Waals surface area contributed by atoms with Crippen molar-refractivity contribution in [2.45, 2.75) is 12.2 Å². The van der Waals surface area contributed by atoms with Gasteiger partial charge in [0.25, 0.3) is 0 Å². The molecule has 1 aromatic heterocycles. The smallest absolute Gasteiger partial charge is 0.416 e. The van der Waals surface area contributed by atoms with Crippen LogP contribution in [0, 0.1) is 5.82 Å². The number of rotatable bonds is 2. The third-order valence-electron chi connectivity index (χ3n) is 2.59. The summed E-state index contributed by atoms with van der Waals surface area (Å²) < 4.78 is 56.9. The molecule has 102 valence electrons. The van der Waals surface area contributed by atoms with Crippen LogP contribution in [0.1, 0.15) is 22.9 Å². The van der Waals surface area contributed by atoms with E-state index < -0.39 is 23.6 Å². The van der Waals surface area contributed by atoms with Crippen LogP contribution in [0.2, 0.25) is 0 Å². The van der Waals surface area contributed by atoms with Crippen molar-refractivity contribution >= 4 is 15.9 Å². The summed E-state index contributed by atoms with van der Waals surface area (Å²) in [6.45, 7) is 0. The number of hydrogen-bond acceptors (Lipinski definition) is 2. The topological polar surface area (TPSA) is 39.2 Å². The van der Waals surface area contributed by atoms with Gasteiger partial charge < -0.3 is 10.2 Å². The third-order valence-corrected chi connectivity index (χ3v) is 3.24. The molecule has 2 rings (SSSR count). The number of benzene rings is 1. The van der Waals surface area contributed by atoms with Crippen LogP contribution in [-0.4, -0.2) is 0 Å². The van der Waals surface area contributed by atoms with Gasteiger partial charge in [0.1, 0.15) is 11.6 Å². The minimum atomic E-state index is -4.55. The van der Waals surface area contributed by atoms with Crippen molar-refractivity contribution < 1.29 is 22.0 Å². The minimum absolute atomic E-state index is 0.165. The lowest BCUT2D eigenvalue weighted by Crippen LogP contribution is -2.15. The van der Waals surface area contributed by atoms with Crippen molar-refractivity contribution in [2.24, 2.45) is 5.73 Å². The van der Waals surface area contributed by atoms with Crippen molar-refractivity contribution in [1.29, 1.82) is 0 Å². The third kappa shape index (κ3) is 2.82. The number of furan rings is 1. The Labute approximate surface area is 114 Å². The molecule has 2 nitrogen and oxygen atoms in total. The Kier molecular flexibility index (Phi) is 3.69. The molecular formula is C12H8BrF4NO. The molecule has 0 saturated carbocycles. The molecule has 0 amide bonds. The predicted octanol–water partition coefficient (Wildman–Crippen LogP) is 4.25. The van der Waals surface area contributed by atoms with E-state index in [0.717, 1.165) is 6.07 Å². The second-order valence-corrected chi connectivity index (χ2v) is 4.70. The van der Waals surface area contributed by atoms with E-state index in [1.807, 2.05) is 0 Å². The summed E-state index contributed by atoms with van der Waals surface area (Å²) in [6, 6.07) is 2.51. The van der Waals surface area contributed by atoms with Crippen LogP contribution in [0.15, 0.2) is 39.4 Å². The zero-order valence-corrected chi connectivity index (χ0v) is 10.9. The quantitative estimate of drug-likeness (QED) is 0.832. The number of halogens is 5. The Morgan fingerprint density at radius 3 is 2.42 bits per heavy atom. The van der Waals surface area contributed by atoms with Gasteiger partial charge in [-0.25, -0.2) is 4.39 Å². The molecule has 0 radical (unpaired) electrons. The van der Waals surface area contributed by atoms with Gasteiger partial charge in [-0.1, -0.05) is 0 Å². The Hall–Kier alpha value is -1.34. The molecule has 0 spiro atoms. The Bertz CT molecular complexity index is 594. The molecule has 7 heteroatoms. The van der Waals surface area contributed by atoms with E-state index in [4.69, 9.17) is 10.2 Å². The van der Waals surface area contributed by atoms with Crippen LogP contribution < -0.4 is 5.73 Å². The molecule has 0 saturated heterocycles. The molecule has 2 N–H and O–H groups in total. The fraction of sp³-hybridized carbons (Fsp3) is 0.167. The highest BCUT2D eigenvalue weighted by molar-refractivity contribution is 9.10. The summed E-state index contributed by atoms with van der Waals surface area (Å²) in [5.74, 6) is -0.651. The van der Waals surface area contributed by atoms with Gasteiger partial charge in [-0.2, -0.15) is 13.2 Å². The Morgan fingerprint density at radius 1 is 1.21 bits per heavy atom. The fourth-order valence-electron chi connectivity index (χ4n) is 1.63. The second kappa shape index (κ2) is 4.97. The van der Waals surface area contributed by atoms with E-state index >= 15 is 0 Å². The highest BCUT2D eigenvalue weighted by atomic mass is 79.9. The molecule has 0 fully saturated rings. The molecular weight excluding hydrogens is 330 g/mol. The van der Waals surface area contributed by atoms with Gasteiger partial charge in [-0.3, -0.25) is 0 Å². The zero-order valence-electron chi connectivity index (χ0n) is 9.34. The Morgan fingerprint density at radius 2 is 1.89 bits per heavy atom. The van der Waals surface area contributed by atoms with Crippen molar-refractivity contribution in [3.63, 3.8) is 0 Å². The average Bonchev–Trinajstić information content (AvgIpc) is 2.73. The molecule has 1 atom stereocenters. The van der Waals surface area contributed by atoms with Gasteiger partial charge in [-0.05, 0) is 40.2 Å². The molecule has 19 heavy (non-hydrogen) atoms. The largest absolute Gasteiger partial charge is 0.466 e. The van der Waals surface area contributed by atoms with Crippen LogP contribution in [0.5, 0.6) is 0 Å². The van der Waals surface area contributed by atoms with E-state index in [-0.39, 0.29) is 11.3 Å². The average molecular weight is 338 g/mol. The first kappa shape index (κ1) is 14.1. The predicted molar refractivity (Wildman–Crippen MR) is 63.8 cm³/mol. The normalized spacial score (nSPS) is 13.6. The number of hydrogen-bond donors (Lipinski definition) is 1. The van der Waals surface area contributed by atoms with Crippen molar-refractivity contribution in [3.05, 3.63) is 57.7 Å². The monoisotopic (exact) mass is 337 g/mol. The van der Waals surface area contributed by atoms with E-state index in [1.165, 1.54) is 12.3 Å². The lowest BCUT2D eigenvalue weighted by atomic mass is 10.0. The van der Waals surface area contributed by atoms with E-state index in [0.29, 0.717) is 16.6 Å². The zero-order chi connectivity index (χ0) is 14.2. The molecule has 0 aliphatic heterocycles. The van der Waals surface area contributed by atoms with E-state index in [2.05, 4.69) is 15.9 Å². The number of nitrogens with two attached hydrogens (primary N) is 1. The molecule has 0 aliphatic carbocycles. The summed E-state index contributed by atoms with van der Waals surface area (Å²) in [7, 11) is 0. The maximum absolute atomic E-state index is 13.6. The van der Waals surface area contributed by atoms with Crippen molar-refractivity contribution in [1.82, 2.24) is 0 Å². The van der Waals surface area contributed by atoms with Gasteiger partial charge in [0, 0.05) is 5.56 Å². The van der Waals surface area contributed by atoms with Crippen LogP contribution in [0.25, 0.3) is 0 Å². The van der Waals surface area contributed by atoms with Crippen molar-refractivity contribution in [3.8, 4) is 0 Å². The first-order chi connectivity index (χ1) is 8.80. The first-order valence-corrected chi connectivity index (χ1v) is 5.95. The minimum Gasteiger partial charge on any atom is -0.466 e. The summed E-state index contributed by atoms with van der Waals surface area (Å²) in [5, 5.41) is 0. The maximum atomic E-state index is 13.6. The SMILES string of the molecule is NC(c1cc(C(F)(F)F)ccc1F)c1occc1Br. The maximum Gasteiger partial charge on any atom is 0.416 e.